The molecule has 0 fully saturated rings. The minimum absolute atomic E-state index is 0.196. The van der Waals surface area contributed by atoms with E-state index in [2.05, 4.69) is 52.3 Å². The van der Waals surface area contributed by atoms with Crippen LogP contribution >= 0.6 is 15.9 Å². The van der Waals surface area contributed by atoms with Crippen molar-refractivity contribution in [2.75, 3.05) is 6.54 Å². The van der Waals surface area contributed by atoms with Crippen molar-refractivity contribution in [3.05, 3.63) is 10.3 Å². The van der Waals surface area contributed by atoms with Crippen LogP contribution in [0.3, 0.4) is 0 Å². The molecule has 0 amide bonds. The zero-order valence-corrected chi connectivity index (χ0v) is 11.4. The number of rotatable bonds is 4. The zero-order valence-electron chi connectivity index (χ0n) is 9.84. The van der Waals surface area contributed by atoms with Gasteiger partial charge in [0, 0.05) is 12.6 Å². The maximum absolute atomic E-state index is 3.95. The highest BCUT2D eigenvalue weighted by atomic mass is 79.9. The van der Waals surface area contributed by atoms with Crippen LogP contribution < -0.4 is 5.32 Å². The Kier molecular flexibility index (Phi) is 4.28. The van der Waals surface area contributed by atoms with Crippen molar-refractivity contribution in [2.24, 2.45) is 7.05 Å². The SMILES string of the molecule is Cn1nnc(Br)c1CCCNC(C)(C)C. The summed E-state index contributed by atoms with van der Waals surface area (Å²) in [5.74, 6) is 0. The second kappa shape index (κ2) is 5.07. The molecule has 1 aromatic rings. The molecule has 1 heterocycles. The predicted octanol–water partition coefficient (Wildman–Crippen LogP) is 1.90. The van der Waals surface area contributed by atoms with Crippen LogP contribution in [0.2, 0.25) is 0 Å². The number of nitrogens with zero attached hydrogens (tertiary/aromatic N) is 3. The number of hydrogen-bond acceptors (Lipinski definition) is 3. The predicted molar refractivity (Wildman–Crippen MR) is 64.8 cm³/mol. The van der Waals surface area contributed by atoms with Crippen molar-refractivity contribution >= 4 is 15.9 Å². The van der Waals surface area contributed by atoms with Crippen LogP contribution in [0.15, 0.2) is 4.60 Å². The molecule has 1 rings (SSSR count). The quantitative estimate of drug-likeness (QED) is 0.853. The van der Waals surface area contributed by atoms with Crippen molar-refractivity contribution in [2.45, 2.75) is 39.2 Å². The van der Waals surface area contributed by atoms with E-state index in [4.69, 9.17) is 0 Å². The Morgan fingerprint density at radius 2 is 2.07 bits per heavy atom. The zero-order chi connectivity index (χ0) is 11.5. The van der Waals surface area contributed by atoms with Gasteiger partial charge in [0.1, 0.15) is 0 Å². The molecule has 0 spiro atoms. The Hall–Kier alpha value is -0.420. The first-order chi connectivity index (χ1) is 6.90. The average Bonchev–Trinajstić information content (AvgIpc) is 2.40. The van der Waals surface area contributed by atoms with Crippen LogP contribution in [0.25, 0.3) is 0 Å². The fourth-order valence-electron chi connectivity index (χ4n) is 1.34. The summed E-state index contributed by atoms with van der Waals surface area (Å²) in [6.45, 7) is 7.54. The lowest BCUT2D eigenvalue weighted by Gasteiger charge is -2.20. The van der Waals surface area contributed by atoms with E-state index >= 15 is 0 Å². The number of halogens is 1. The summed E-state index contributed by atoms with van der Waals surface area (Å²) in [7, 11) is 1.92. The Labute approximate surface area is 99.6 Å². The molecule has 4 nitrogen and oxygen atoms in total. The van der Waals surface area contributed by atoms with Gasteiger partial charge in [-0.25, -0.2) is 0 Å². The highest BCUT2D eigenvalue weighted by Crippen LogP contribution is 2.13. The summed E-state index contributed by atoms with van der Waals surface area (Å²) in [6.07, 6.45) is 2.09. The van der Waals surface area contributed by atoms with E-state index in [0.29, 0.717) is 0 Å². The Bertz CT molecular complexity index is 294. The van der Waals surface area contributed by atoms with Gasteiger partial charge in [0.2, 0.25) is 0 Å². The Morgan fingerprint density at radius 1 is 1.40 bits per heavy atom. The van der Waals surface area contributed by atoms with Gasteiger partial charge in [-0.05, 0) is 56.1 Å². The largest absolute Gasteiger partial charge is 0.312 e. The number of aromatic nitrogens is 3. The van der Waals surface area contributed by atoms with Crippen molar-refractivity contribution in [1.82, 2.24) is 20.3 Å². The van der Waals surface area contributed by atoms with E-state index < -0.39 is 0 Å². The number of hydrogen-bond donors (Lipinski definition) is 1. The van der Waals surface area contributed by atoms with E-state index in [9.17, 15) is 0 Å². The molecule has 0 radical (unpaired) electrons. The fourth-order valence-corrected chi connectivity index (χ4v) is 1.86. The molecule has 15 heavy (non-hydrogen) atoms. The molecule has 0 aromatic carbocycles. The summed E-state index contributed by atoms with van der Waals surface area (Å²) in [5.41, 5.74) is 1.35. The molecule has 0 unspecified atom stereocenters. The summed E-state index contributed by atoms with van der Waals surface area (Å²) in [4.78, 5) is 0. The van der Waals surface area contributed by atoms with Crippen LogP contribution in [0.4, 0.5) is 0 Å². The number of nitrogens with one attached hydrogen (secondary N) is 1. The van der Waals surface area contributed by atoms with Crippen molar-refractivity contribution < 1.29 is 0 Å². The molecule has 0 bridgehead atoms. The molecule has 0 aliphatic heterocycles. The molecule has 0 saturated heterocycles. The first-order valence-corrected chi connectivity index (χ1v) is 5.98. The van der Waals surface area contributed by atoms with Gasteiger partial charge < -0.3 is 5.32 Å². The first-order valence-electron chi connectivity index (χ1n) is 5.19. The van der Waals surface area contributed by atoms with Gasteiger partial charge in [0.05, 0.1) is 5.69 Å². The molecular weight excluding hydrogens is 256 g/mol. The smallest absolute Gasteiger partial charge is 0.151 e. The lowest BCUT2D eigenvalue weighted by atomic mass is 10.1. The van der Waals surface area contributed by atoms with E-state index in [1.165, 1.54) is 0 Å². The van der Waals surface area contributed by atoms with Crippen molar-refractivity contribution in [1.29, 1.82) is 0 Å². The van der Waals surface area contributed by atoms with Gasteiger partial charge >= 0.3 is 0 Å². The first kappa shape index (κ1) is 12.6. The molecule has 0 atom stereocenters. The lowest BCUT2D eigenvalue weighted by molar-refractivity contribution is 0.421. The van der Waals surface area contributed by atoms with Gasteiger partial charge in [0.15, 0.2) is 4.60 Å². The monoisotopic (exact) mass is 274 g/mol. The molecule has 86 valence electrons. The third-order valence-corrected chi connectivity index (χ3v) is 2.76. The Balaban J connectivity index is 2.32. The van der Waals surface area contributed by atoms with Crippen molar-refractivity contribution in [3.8, 4) is 0 Å². The maximum atomic E-state index is 3.95. The topological polar surface area (TPSA) is 42.7 Å². The van der Waals surface area contributed by atoms with Gasteiger partial charge in [-0.1, -0.05) is 5.21 Å². The third kappa shape index (κ3) is 4.30. The summed E-state index contributed by atoms with van der Waals surface area (Å²) in [6, 6.07) is 0. The van der Waals surface area contributed by atoms with E-state index in [1.807, 2.05) is 11.7 Å². The summed E-state index contributed by atoms with van der Waals surface area (Å²) in [5, 5.41) is 11.4. The van der Waals surface area contributed by atoms with Gasteiger partial charge in [-0.15, -0.1) is 5.10 Å². The second-order valence-corrected chi connectivity index (χ2v) is 5.48. The molecule has 0 aliphatic rings. The molecule has 1 aromatic heterocycles. The van der Waals surface area contributed by atoms with Gasteiger partial charge in [-0.2, -0.15) is 0 Å². The minimum Gasteiger partial charge on any atom is -0.312 e. The summed E-state index contributed by atoms with van der Waals surface area (Å²) < 4.78 is 2.68. The van der Waals surface area contributed by atoms with Gasteiger partial charge in [0.25, 0.3) is 0 Å². The standard InChI is InChI=1S/C10H19BrN4/c1-10(2,3)12-7-5-6-8-9(11)13-14-15(8)4/h12H,5-7H2,1-4H3. The second-order valence-electron chi connectivity index (χ2n) is 4.73. The van der Waals surface area contributed by atoms with Crippen LogP contribution in [-0.4, -0.2) is 27.1 Å². The molecule has 5 heteroatoms. The molecule has 0 saturated carbocycles. The molecular formula is C10H19BrN4. The maximum Gasteiger partial charge on any atom is 0.151 e. The summed E-state index contributed by atoms with van der Waals surface area (Å²) >= 11 is 3.39. The van der Waals surface area contributed by atoms with Crippen LogP contribution in [0.5, 0.6) is 0 Å². The molecule has 1 N–H and O–H groups in total. The van der Waals surface area contributed by atoms with E-state index in [-0.39, 0.29) is 5.54 Å². The van der Waals surface area contributed by atoms with E-state index in [1.54, 1.807) is 0 Å². The molecule has 0 aliphatic carbocycles. The van der Waals surface area contributed by atoms with Crippen LogP contribution in [0.1, 0.15) is 32.9 Å². The highest BCUT2D eigenvalue weighted by Gasteiger charge is 2.10. The van der Waals surface area contributed by atoms with Gasteiger partial charge in [-0.3, -0.25) is 4.68 Å². The lowest BCUT2D eigenvalue weighted by Crippen LogP contribution is -2.36. The van der Waals surface area contributed by atoms with Crippen LogP contribution in [-0.2, 0) is 13.5 Å². The van der Waals surface area contributed by atoms with Crippen LogP contribution in [0, 0.1) is 0 Å². The minimum atomic E-state index is 0.196. The highest BCUT2D eigenvalue weighted by molar-refractivity contribution is 9.10. The average molecular weight is 275 g/mol. The normalized spacial score (nSPS) is 12.1. The fraction of sp³-hybridized carbons (Fsp3) is 0.800. The Morgan fingerprint density at radius 3 is 2.53 bits per heavy atom. The van der Waals surface area contributed by atoms with Crippen molar-refractivity contribution in [3.63, 3.8) is 0 Å². The third-order valence-electron chi connectivity index (χ3n) is 2.14. The number of aryl methyl sites for hydroxylation is 1. The van der Waals surface area contributed by atoms with E-state index in [0.717, 1.165) is 29.7 Å².